The fraction of sp³-hybridized carbons (Fsp3) is 0.500. The lowest BCUT2D eigenvalue weighted by Gasteiger charge is -1.89. The third-order valence-corrected chi connectivity index (χ3v) is 0.659. The second-order valence-corrected chi connectivity index (χ2v) is 1.88. The number of aliphatic carboxylic acids is 2. The Hall–Kier alpha value is -1.43. The lowest BCUT2D eigenvalue weighted by Crippen LogP contribution is -2.13. The summed E-state index contributed by atoms with van der Waals surface area (Å²) in [5.41, 5.74) is 0. The van der Waals surface area contributed by atoms with Gasteiger partial charge >= 0.3 is 11.9 Å². The number of rotatable bonds is 2. The summed E-state index contributed by atoms with van der Waals surface area (Å²) in [6.45, 7) is 2.20. The number of carboxylic acids is 2. The molecule has 0 aromatic heterocycles. The van der Waals surface area contributed by atoms with Crippen LogP contribution in [0.15, 0.2) is 0 Å². The first-order chi connectivity index (χ1) is 5.29. The van der Waals surface area contributed by atoms with Crippen molar-refractivity contribution in [3.8, 4) is 0 Å². The van der Waals surface area contributed by atoms with Gasteiger partial charge in [-0.3, -0.25) is 4.79 Å². The molecule has 0 aliphatic carbocycles. The molecule has 6 nitrogen and oxygen atoms in total. The Balaban J connectivity index is 0. The first-order valence-electron chi connectivity index (χ1n) is 2.93. The second kappa shape index (κ2) is 6.29. The third kappa shape index (κ3) is 11.4. The maximum absolute atomic E-state index is 9.54. The smallest absolute Gasteiger partial charge is 0.371 e. The molecule has 1 unspecified atom stereocenters. The maximum Gasteiger partial charge on any atom is 0.371 e. The maximum atomic E-state index is 9.54. The molecule has 0 heterocycles. The zero-order valence-electron chi connectivity index (χ0n) is 6.64. The zero-order chi connectivity index (χ0) is 10.3. The van der Waals surface area contributed by atoms with Gasteiger partial charge in [0.1, 0.15) is 6.10 Å². The van der Waals surface area contributed by atoms with Crippen LogP contribution in [0.25, 0.3) is 0 Å². The Bertz CT molecular complexity index is 170. The fourth-order valence-corrected chi connectivity index (χ4v) is 0. The van der Waals surface area contributed by atoms with Crippen LogP contribution in [0.2, 0.25) is 0 Å². The summed E-state index contributed by atoms with van der Waals surface area (Å²) < 4.78 is 0. The van der Waals surface area contributed by atoms with E-state index in [4.69, 9.17) is 15.3 Å². The van der Waals surface area contributed by atoms with Gasteiger partial charge in [-0.2, -0.15) is 0 Å². The normalized spacial score (nSPS) is 10.6. The van der Waals surface area contributed by atoms with Crippen LogP contribution in [-0.4, -0.2) is 39.1 Å². The molecule has 6 heteroatoms. The van der Waals surface area contributed by atoms with Gasteiger partial charge in [0.25, 0.3) is 0 Å². The van der Waals surface area contributed by atoms with Gasteiger partial charge in [-0.05, 0) is 6.92 Å². The summed E-state index contributed by atoms with van der Waals surface area (Å²) in [4.78, 5) is 28.3. The molecule has 70 valence electrons. The highest BCUT2D eigenvalue weighted by Gasteiger charge is 2.01. The third-order valence-electron chi connectivity index (χ3n) is 0.659. The highest BCUT2D eigenvalue weighted by atomic mass is 16.5. The van der Waals surface area contributed by atoms with Crippen molar-refractivity contribution in [3.05, 3.63) is 0 Å². The van der Waals surface area contributed by atoms with E-state index < -0.39 is 23.8 Å². The SMILES string of the molecule is [13CH3][13CH](O)[13C](=O)O.[13CH3][13C](=O)[13C](=O)O. The van der Waals surface area contributed by atoms with Crippen molar-refractivity contribution in [3.63, 3.8) is 0 Å². The minimum Gasteiger partial charge on any atom is -0.479 e. The van der Waals surface area contributed by atoms with E-state index in [1.54, 1.807) is 0 Å². The molecule has 0 fully saturated rings. The van der Waals surface area contributed by atoms with E-state index in [1.165, 1.54) is 6.92 Å². The molecule has 0 saturated heterocycles. The highest BCUT2D eigenvalue weighted by molar-refractivity contribution is 6.31. The minimum absolute atomic E-state index is 0.824. The molecule has 0 bridgehead atoms. The zero-order valence-corrected chi connectivity index (χ0v) is 6.64. The van der Waals surface area contributed by atoms with E-state index in [0.29, 0.717) is 0 Å². The molecule has 0 rings (SSSR count). The lowest BCUT2D eigenvalue weighted by atomic mass is 11.4. The summed E-state index contributed by atoms with van der Waals surface area (Å²) in [6, 6.07) is 0. The van der Waals surface area contributed by atoms with Gasteiger partial charge in [0.05, 0.1) is 0 Å². The van der Waals surface area contributed by atoms with Crippen molar-refractivity contribution in [2.45, 2.75) is 20.0 Å². The van der Waals surface area contributed by atoms with Crippen LogP contribution in [0.5, 0.6) is 0 Å². The second-order valence-electron chi connectivity index (χ2n) is 1.88. The highest BCUT2D eigenvalue weighted by Crippen LogP contribution is 1.73. The van der Waals surface area contributed by atoms with Gasteiger partial charge in [0, 0.05) is 6.92 Å². The number of hydrogen-bond acceptors (Lipinski definition) is 4. The Labute approximate surface area is 68.4 Å². The summed E-state index contributed by atoms with van der Waals surface area (Å²) >= 11 is 0. The summed E-state index contributed by atoms with van der Waals surface area (Å²) in [5, 5.41) is 23.4. The predicted octanol–water partition coefficient (Wildman–Crippen LogP) is -0.888. The molecule has 12 heavy (non-hydrogen) atoms. The van der Waals surface area contributed by atoms with Crippen molar-refractivity contribution >= 4 is 17.7 Å². The minimum atomic E-state index is -1.38. The van der Waals surface area contributed by atoms with Crippen LogP contribution in [0, 0.1) is 0 Å². The topological polar surface area (TPSA) is 112 Å². The fourth-order valence-electron chi connectivity index (χ4n) is 0. The number of hydrogen-bond donors (Lipinski definition) is 3. The number of carbonyl (C=O) groups excluding carboxylic acids is 1. The van der Waals surface area contributed by atoms with Gasteiger partial charge in [0.2, 0.25) is 5.78 Å². The van der Waals surface area contributed by atoms with E-state index in [2.05, 4.69) is 0 Å². The number of carboxylic acid groups (broad SMARTS) is 2. The average Bonchev–Trinajstić information content (AvgIpc) is 1.88. The first-order valence-corrected chi connectivity index (χ1v) is 2.93. The molecule has 0 aromatic rings. The van der Waals surface area contributed by atoms with Crippen molar-refractivity contribution in [1.82, 2.24) is 0 Å². The quantitative estimate of drug-likeness (QED) is 0.379. The van der Waals surface area contributed by atoms with E-state index >= 15 is 0 Å². The molecule has 1 atom stereocenters. The number of aliphatic hydroxyl groups is 1. The Morgan fingerprint density at radius 2 is 1.33 bits per heavy atom. The molecule has 0 spiro atoms. The number of carbonyl (C=O) groups is 3. The largest absolute Gasteiger partial charge is 0.479 e. The van der Waals surface area contributed by atoms with Crippen LogP contribution in [0.4, 0.5) is 0 Å². The van der Waals surface area contributed by atoms with Crippen LogP contribution in [-0.2, 0) is 14.4 Å². The Kier molecular flexibility index (Phi) is 6.91. The van der Waals surface area contributed by atoms with Crippen LogP contribution >= 0.6 is 0 Å². The van der Waals surface area contributed by atoms with Crippen molar-refractivity contribution in [1.29, 1.82) is 0 Å². The van der Waals surface area contributed by atoms with Gasteiger partial charge in [-0.15, -0.1) is 0 Å². The van der Waals surface area contributed by atoms with Gasteiger partial charge in [-0.25, -0.2) is 9.59 Å². The van der Waals surface area contributed by atoms with Gasteiger partial charge in [0.15, 0.2) is 0 Å². The Morgan fingerprint density at radius 1 is 1.17 bits per heavy atom. The van der Waals surface area contributed by atoms with E-state index in [1.807, 2.05) is 0 Å². The van der Waals surface area contributed by atoms with Crippen molar-refractivity contribution < 1.29 is 29.7 Å². The predicted molar refractivity (Wildman–Crippen MR) is 37.6 cm³/mol. The summed E-state index contributed by atoms with van der Waals surface area (Å²) in [6.07, 6.45) is -1.23. The van der Waals surface area contributed by atoms with E-state index in [-0.39, 0.29) is 0 Å². The molecular weight excluding hydrogens is 174 g/mol. The standard InChI is InChI=1S/C3H6O3.C3H4O3/c2*1-2(4)3(5)6/h2,4H,1H3,(H,5,6);1H3,(H,5,6)/i2*1+1,2+1,3+1. The molecule has 0 aromatic carbocycles. The lowest BCUT2D eigenvalue weighted by molar-refractivity contribution is -0.148. The molecule has 0 saturated carbocycles. The van der Waals surface area contributed by atoms with E-state index in [0.717, 1.165) is 6.92 Å². The molecule has 0 amide bonds. The summed E-state index contributed by atoms with van der Waals surface area (Å²) in [5.74, 6) is -3.39. The van der Waals surface area contributed by atoms with Crippen LogP contribution in [0.3, 0.4) is 0 Å². The molecule has 3 N–H and O–H groups in total. The molecule has 0 aliphatic rings. The first kappa shape index (κ1) is 13.2. The molecule has 0 radical (unpaired) electrons. The van der Waals surface area contributed by atoms with Gasteiger partial charge < -0.3 is 15.3 Å². The number of ketones is 1. The van der Waals surface area contributed by atoms with Crippen molar-refractivity contribution in [2.75, 3.05) is 0 Å². The number of Topliss-reactive ketones (excluding diaryl/α,β-unsaturated/α-hetero) is 1. The monoisotopic (exact) mass is 184 g/mol. The summed E-state index contributed by atoms with van der Waals surface area (Å²) in [7, 11) is 0. The Morgan fingerprint density at radius 3 is 1.33 bits per heavy atom. The number of aliphatic hydroxyl groups excluding tert-OH is 1. The van der Waals surface area contributed by atoms with Crippen molar-refractivity contribution in [2.24, 2.45) is 0 Å². The van der Waals surface area contributed by atoms with E-state index in [9.17, 15) is 14.4 Å². The molecular formula is C6H10O6. The van der Waals surface area contributed by atoms with Crippen LogP contribution in [0.1, 0.15) is 13.8 Å². The molecule has 0 aliphatic heterocycles. The average molecular weight is 184 g/mol. The van der Waals surface area contributed by atoms with Gasteiger partial charge in [-0.1, -0.05) is 0 Å². The van der Waals surface area contributed by atoms with Crippen LogP contribution < -0.4 is 0 Å².